The van der Waals surface area contributed by atoms with Gasteiger partial charge in [-0.25, -0.2) is 0 Å². The summed E-state index contributed by atoms with van der Waals surface area (Å²) in [6.07, 6.45) is 24.1. The SMILES string of the molecule is CCCCCCCC(=O)OCC(CCCCCN(CCCCO)CC(O)C(CCCC)CCCC)COC(=O)CCCCCCC. The van der Waals surface area contributed by atoms with Gasteiger partial charge in [-0.1, -0.05) is 118 Å². The topological polar surface area (TPSA) is 96.3 Å². The van der Waals surface area contributed by atoms with Crippen molar-refractivity contribution in [2.45, 2.75) is 188 Å². The van der Waals surface area contributed by atoms with Crippen molar-refractivity contribution in [3.05, 3.63) is 0 Å². The number of aliphatic hydroxyl groups excluding tert-OH is 2. The fourth-order valence-electron chi connectivity index (χ4n) is 6.09. The van der Waals surface area contributed by atoms with Crippen molar-refractivity contribution >= 4 is 11.9 Å². The highest BCUT2D eigenvalue weighted by molar-refractivity contribution is 5.69. The summed E-state index contributed by atoms with van der Waals surface area (Å²) < 4.78 is 11.3. The van der Waals surface area contributed by atoms with Gasteiger partial charge in [0.2, 0.25) is 0 Å². The second-order valence-corrected chi connectivity index (χ2v) is 13.8. The average molecular weight is 656 g/mol. The molecule has 0 aromatic rings. The number of carbonyl (C=O) groups excluding carboxylic acids is 2. The van der Waals surface area contributed by atoms with E-state index in [0.717, 1.165) is 116 Å². The van der Waals surface area contributed by atoms with Crippen LogP contribution in [0.5, 0.6) is 0 Å². The third kappa shape index (κ3) is 27.9. The number of hydrogen-bond acceptors (Lipinski definition) is 7. The average Bonchev–Trinajstić information content (AvgIpc) is 3.05. The molecule has 0 spiro atoms. The molecule has 0 bridgehead atoms. The summed E-state index contributed by atoms with van der Waals surface area (Å²) in [5, 5.41) is 20.5. The molecule has 0 aromatic carbocycles. The fourth-order valence-corrected chi connectivity index (χ4v) is 6.09. The number of ether oxygens (including phenoxy) is 2. The van der Waals surface area contributed by atoms with Gasteiger partial charge in [-0.15, -0.1) is 0 Å². The lowest BCUT2D eigenvalue weighted by Gasteiger charge is -2.30. The van der Waals surface area contributed by atoms with Crippen LogP contribution in [0, 0.1) is 11.8 Å². The molecule has 1 atom stereocenters. The number of rotatable bonds is 35. The molecule has 0 aliphatic heterocycles. The van der Waals surface area contributed by atoms with Gasteiger partial charge in [0, 0.05) is 31.9 Å². The van der Waals surface area contributed by atoms with Gasteiger partial charge in [-0.05, 0) is 70.4 Å². The van der Waals surface area contributed by atoms with E-state index in [1.54, 1.807) is 0 Å². The largest absolute Gasteiger partial charge is 0.465 e. The van der Waals surface area contributed by atoms with E-state index in [2.05, 4.69) is 32.6 Å². The summed E-state index contributed by atoms with van der Waals surface area (Å²) in [5.74, 6) is 0.0987. The summed E-state index contributed by atoms with van der Waals surface area (Å²) in [7, 11) is 0. The Morgan fingerprint density at radius 2 is 1.02 bits per heavy atom. The number of aliphatic hydroxyl groups is 2. The molecular weight excluding hydrogens is 578 g/mol. The Morgan fingerprint density at radius 3 is 1.50 bits per heavy atom. The highest BCUT2D eigenvalue weighted by Crippen LogP contribution is 2.22. The normalized spacial score (nSPS) is 12.4. The van der Waals surface area contributed by atoms with Gasteiger partial charge >= 0.3 is 11.9 Å². The molecular formula is C39H77NO6. The molecule has 0 aliphatic rings. The zero-order valence-corrected chi connectivity index (χ0v) is 30.9. The van der Waals surface area contributed by atoms with Crippen molar-refractivity contribution in [3.63, 3.8) is 0 Å². The van der Waals surface area contributed by atoms with Gasteiger partial charge < -0.3 is 24.6 Å². The standard InChI is InChI=1S/C39H77NO6/c1-5-9-13-15-19-27-38(43)45-33-35(34-46-39(44)28-20-16-14-10-6-2)24-18-17-21-29-40(30-22-23-31-41)32-37(42)36(25-11-7-3)26-12-8-4/h35-37,41-42H,5-34H2,1-4H3. The van der Waals surface area contributed by atoms with Crippen molar-refractivity contribution in [2.75, 3.05) is 39.5 Å². The molecule has 0 fully saturated rings. The van der Waals surface area contributed by atoms with Crippen molar-refractivity contribution in [1.82, 2.24) is 4.90 Å². The lowest BCUT2D eigenvalue weighted by atomic mass is 9.90. The summed E-state index contributed by atoms with van der Waals surface area (Å²) in [5.41, 5.74) is 0. The van der Waals surface area contributed by atoms with E-state index in [-0.39, 0.29) is 30.6 Å². The Hall–Kier alpha value is -1.18. The van der Waals surface area contributed by atoms with E-state index in [4.69, 9.17) is 9.47 Å². The third-order valence-electron chi connectivity index (χ3n) is 9.24. The van der Waals surface area contributed by atoms with E-state index >= 15 is 0 Å². The highest BCUT2D eigenvalue weighted by atomic mass is 16.5. The molecule has 46 heavy (non-hydrogen) atoms. The quantitative estimate of drug-likeness (QED) is 0.0519. The van der Waals surface area contributed by atoms with Crippen molar-refractivity contribution in [3.8, 4) is 0 Å². The van der Waals surface area contributed by atoms with Crippen LogP contribution in [0.1, 0.15) is 182 Å². The van der Waals surface area contributed by atoms with Crippen LogP contribution in [-0.2, 0) is 19.1 Å². The number of hydrogen-bond donors (Lipinski definition) is 2. The molecule has 7 nitrogen and oxygen atoms in total. The van der Waals surface area contributed by atoms with Gasteiger partial charge in [0.15, 0.2) is 0 Å². The van der Waals surface area contributed by atoms with Crippen LogP contribution >= 0.6 is 0 Å². The molecule has 0 saturated heterocycles. The second kappa shape index (κ2) is 33.7. The molecule has 2 N–H and O–H groups in total. The maximum Gasteiger partial charge on any atom is 0.305 e. The summed E-state index contributed by atoms with van der Waals surface area (Å²) in [6, 6.07) is 0. The van der Waals surface area contributed by atoms with Crippen LogP contribution in [0.15, 0.2) is 0 Å². The van der Waals surface area contributed by atoms with E-state index in [1.807, 2.05) is 0 Å². The molecule has 0 radical (unpaired) electrons. The van der Waals surface area contributed by atoms with Crippen molar-refractivity contribution in [1.29, 1.82) is 0 Å². The number of nitrogens with zero attached hydrogens (tertiary/aromatic N) is 1. The van der Waals surface area contributed by atoms with Crippen LogP contribution in [-0.4, -0.2) is 72.6 Å². The molecule has 1 unspecified atom stereocenters. The van der Waals surface area contributed by atoms with Crippen molar-refractivity contribution in [2.24, 2.45) is 11.8 Å². The lowest BCUT2D eigenvalue weighted by molar-refractivity contribution is -0.149. The first kappa shape index (κ1) is 44.8. The molecule has 0 saturated carbocycles. The Balaban J connectivity index is 4.87. The van der Waals surface area contributed by atoms with Gasteiger partial charge in [0.1, 0.15) is 0 Å². The minimum absolute atomic E-state index is 0.0217. The van der Waals surface area contributed by atoms with Gasteiger partial charge in [0.25, 0.3) is 0 Å². The predicted molar refractivity (Wildman–Crippen MR) is 192 cm³/mol. The third-order valence-corrected chi connectivity index (χ3v) is 9.24. The molecule has 0 heterocycles. The van der Waals surface area contributed by atoms with E-state index in [0.29, 0.717) is 38.5 Å². The molecule has 0 aromatic heterocycles. The second-order valence-electron chi connectivity index (χ2n) is 13.8. The first-order chi connectivity index (χ1) is 22.4. The van der Waals surface area contributed by atoms with Gasteiger partial charge in [0.05, 0.1) is 19.3 Å². The maximum atomic E-state index is 12.4. The van der Waals surface area contributed by atoms with Gasteiger partial charge in [-0.2, -0.15) is 0 Å². The summed E-state index contributed by atoms with van der Waals surface area (Å²) >= 11 is 0. The number of unbranched alkanes of at least 4 members (excludes halogenated alkanes) is 13. The van der Waals surface area contributed by atoms with E-state index in [9.17, 15) is 19.8 Å². The Morgan fingerprint density at radius 1 is 0.565 bits per heavy atom. The number of esters is 2. The molecule has 274 valence electrons. The van der Waals surface area contributed by atoms with Crippen LogP contribution in [0.3, 0.4) is 0 Å². The smallest absolute Gasteiger partial charge is 0.305 e. The molecule has 0 amide bonds. The van der Waals surface area contributed by atoms with Gasteiger partial charge in [-0.3, -0.25) is 9.59 Å². The highest BCUT2D eigenvalue weighted by Gasteiger charge is 2.21. The predicted octanol–water partition coefficient (Wildman–Crippen LogP) is 9.40. The minimum Gasteiger partial charge on any atom is -0.465 e. The summed E-state index contributed by atoms with van der Waals surface area (Å²) in [6.45, 7) is 12.2. The van der Waals surface area contributed by atoms with Crippen LogP contribution in [0.4, 0.5) is 0 Å². The zero-order valence-electron chi connectivity index (χ0n) is 30.9. The number of carbonyl (C=O) groups is 2. The summed E-state index contributed by atoms with van der Waals surface area (Å²) in [4.78, 5) is 27.2. The van der Waals surface area contributed by atoms with E-state index in [1.165, 1.54) is 38.5 Å². The first-order valence-corrected chi connectivity index (χ1v) is 19.7. The minimum atomic E-state index is -0.306. The Kier molecular flexibility index (Phi) is 32.8. The lowest BCUT2D eigenvalue weighted by Crippen LogP contribution is -2.38. The monoisotopic (exact) mass is 656 g/mol. The van der Waals surface area contributed by atoms with Crippen LogP contribution in [0.25, 0.3) is 0 Å². The molecule has 0 aliphatic carbocycles. The molecule has 0 rings (SSSR count). The Bertz CT molecular complexity index is 637. The molecule has 7 heteroatoms. The first-order valence-electron chi connectivity index (χ1n) is 19.7. The zero-order chi connectivity index (χ0) is 34.1. The fraction of sp³-hybridized carbons (Fsp3) is 0.949. The van der Waals surface area contributed by atoms with Crippen LogP contribution < -0.4 is 0 Å². The van der Waals surface area contributed by atoms with E-state index < -0.39 is 0 Å². The van der Waals surface area contributed by atoms with Crippen molar-refractivity contribution < 1.29 is 29.3 Å². The maximum absolute atomic E-state index is 12.4. The Labute approximate surface area is 285 Å². The van der Waals surface area contributed by atoms with Crippen LogP contribution in [0.2, 0.25) is 0 Å².